The van der Waals surface area contributed by atoms with Gasteiger partial charge in [0.1, 0.15) is 11.5 Å². The largest absolute Gasteiger partial charge is 0.497 e. The summed E-state index contributed by atoms with van der Waals surface area (Å²) in [5.41, 5.74) is 1.50. The summed E-state index contributed by atoms with van der Waals surface area (Å²) in [5.74, 6) is 1.50. The Kier molecular flexibility index (Phi) is 6.78. The van der Waals surface area contributed by atoms with Crippen molar-refractivity contribution in [1.82, 2.24) is 15.5 Å². The van der Waals surface area contributed by atoms with Gasteiger partial charge in [-0.25, -0.2) is 0 Å². The summed E-state index contributed by atoms with van der Waals surface area (Å²) in [6, 6.07) is 12.6. The molecule has 3 rings (SSSR count). The summed E-state index contributed by atoms with van der Waals surface area (Å²) in [6.07, 6.45) is 0. The van der Waals surface area contributed by atoms with Crippen LogP contribution in [0, 0.1) is 0 Å². The second-order valence-electron chi connectivity index (χ2n) is 5.60. The maximum Gasteiger partial charge on any atom is 0.277 e. The molecule has 1 N–H and O–H groups in total. The second kappa shape index (κ2) is 9.48. The second-order valence-corrected chi connectivity index (χ2v) is 6.93. The number of carbonyl (C=O) groups is 1. The van der Waals surface area contributed by atoms with Crippen LogP contribution in [0.15, 0.2) is 52.1 Å². The molecule has 1 heterocycles. The highest BCUT2D eigenvalue weighted by Crippen LogP contribution is 2.33. The zero-order chi connectivity index (χ0) is 19.9. The number of hydrogen-bond acceptors (Lipinski definition) is 7. The average molecular weight is 420 g/mol. The molecular formula is C19H18ClN3O4S. The number of methoxy groups -OCH3 is 2. The van der Waals surface area contributed by atoms with Gasteiger partial charge in [0.05, 0.1) is 25.5 Å². The summed E-state index contributed by atoms with van der Waals surface area (Å²) >= 11 is 7.23. The van der Waals surface area contributed by atoms with E-state index in [0.717, 1.165) is 17.3 Å². The normalized spacial score (nSPS) is 10.5. The topological polar surface area (TPSA) is 86.5 Å². The lowest BCUT2D eigenvalue weighted by molar-refractivity contribution is -0.118. The monoisotopic (exact) mass is 419 g/mol. The van der Waals surface area contributed by atoms with Crippen LogP contribution in [0.4, 0.5) is 0 Å². The lowest BCUT2D eigenvalue weighted by Crippen LogP contribution is -2.24. The Labute approximate surface area is 171 Å². The highest BCUT2D eigenvalue weighted by atomic mass is 35.5. The molecule has 0 radical (unpaired) electrons. The summed E-state index contributed by atoms with van der Waals surface area (Å²) < 4.78 is 16.2. The number of ether oxygens (including phenoxy) is 2. The standard InChI is InChI=1S/C19H18ClN3O4S/c1-25-13-7-8-14(16(9-13)26-2)18-22-23-19(27-18)28-11-17(24)21-10-12-5-3-4-6-15(12)20/h3-9H,10-11H2,1-2H3,(H,21,24). The molecular weight excluding hydrogens is 402 g/mol. The molecule has 0 aliphatic carbocycles. The number of benzene rings is 2. The summed E-state index contributed by atoms with van der Waals surface area (Å²) in [6.45, 7) is 0.358. The van der Waals surface area contributed by atoms with Crippen LogP contribution in [0.25, 0.3) is 11.5 Å². The van der Waals surface area contributed by atoms with Crippen LogP contribution in [0.2, 0.25) is 5.02 Å². The van der Waals surface area contributed by atoms with Crippen LogP contribution in [0.5, 0.6) is 11.5 Å². The Balaban J connectivity index is 1.58. The molecule has 0 aliphatic rings. The minimum atomic E-state index is -0.160. The molecule has 1 aromatic heterocycles. The summed E-state index contributed by atoms with van der Waals surface area (Å²) in [5, 5.41) is 11.7. The Hall–Kier alpha value is -2.71. The van der Waals surface area contributed by atoms with E-state index in [1.54, 1.807) is 38.5 Å². The van der Waals surface area contributed by atoms with Crippen LogP contribution in [0.3, 0.4) is 0 Å². The van der Waals surface area contributed by atoms with Gasteiger partial charge < -0.3 is 19.2 Å². The van der Waals surface area contributed by atoms with Crippen molar-refractivity contribution in [3.05, 3.63) is 53.1 Å². The van der Waals surface area contributed by atoms with Crippen molar-refractivity contribution in [1.29, 1.82) is 0 Å². The van der Waals surface area contributed by atoms with Crippen LogP contribution in [-0.2, 0) is 11.3 Å². The molecule has 7 nitrogen and oxygen atoms in total. The number of aromatic nitrogens is 2. The smallest absolute Gasteiger partial charge is 0.277 e. The minimum Gasteiger partial charge on any atom is -0.497 e. The van der Waals surface area contributed by atoms with Crippen LogP contribution >= 0.6 is 23.4 Å². The van der Waals surface area contributed by atoms with Gasteiger partial charge in [0.25, 0.3) is 11.1 Å². The molecule has 0 fully saturated rings. The molecule has 1 amide bonds. The SMILES string of the molecule is COc1ccc(-c2nnc(SCC(=O)NCc3ccccc3Cl)o2)c(OC)c1. The van der Waals surface area contributed by atoms with Crippen LogP contribution in [0.1, 0.15) is 5.56 Å². The molecule has 0 atom stereocenters. The van der Waals surface area contributed by atoms with Gasteiger partial charge >= 0.3 is 0 Å². The molecule has 0 spiro atoms. The van der Waals surface area contributed by atoms with Crippen molar-refractivity contribution >= 4 is 29.3 Å². The molecule has 0 saturated heterocycles. The van der Waals surface area contributed by atoms with Crippen molar-refractivity contribution in [2.45, 2.75) is 11.8 Å². The first kappa shape index (κ1) is 20.0. The molecule has 0 saturated carbocycles. The number of carbonyl (C=O) groups excluding carboxylic acids is 1. The molecule has 9 heteroatoms. The van der Waals surface area contributed by atoms with Gasteiger partial charge in [-0.3, -0.25) is 4.79 Å². The fraction of sp³-hybridized carbons (Fsp3) is 0.211. The summed E-state index contributed by atoms with van der Waals surface area (Å²) in [4.78, 5) is 12.0. The van der Waals surface area contributed by atoms with Crippen molar-refractivity contribution in [2.24, 2.45) is 0 Å². The van der Waals surface area contributed by atoms with E-state index in [9.17, 15) is 4.79 Å². The van der Waals surface area contributed by atoms with Gasteiger partial charge in [0.2, 0.25) is 5.91 Å². The highest BCUT2D eigenvalue weighted by molar-refractivity contribution is 7.99. The first-order valence-electron chi connectivity index (χ1n) is 8.29. The highest BCUT2D eigenvalue weighted by Gasteiger charge is 2.15. The predicted octanol–water partition coefficient (Wildman–Crippen LogP) is 3.82. The van der Waals surface area contributed by atoms with E-state index >= 15 is 0 Å². The van der Waals surface area contributed by atoms with Gasteiger partial charge in [0, 0.05) is 17.6 Å². The number of hydrogen-bond donors (Lipinski definition) is 1. The van der Waals surface area contributed by atoms with E-state index in [-0.39, 0.29) is 11.7 Å². The van der Waals surface area contributed by atoms with Gasteiger partial charge in [0.15, 0.2) is 0 Å². The van der Waals surface area contributed by atoms with Crippen LogP contribution in [-0.4, -0.2) is 36.1 Å². The molecule has 2 aromatic carbocycles. The Morgan fingerprint density at radius 2 is 2.00 bits per heavy atom. The first-order valence-corrected chi connectivity index (χ1v) is 9.66. The zero-order valence-corrected chi connectivity index (χ0v) is 16.8. The van der Waals surface area contributed by atoms with Crippen molar-refractivity contribution in [2.75, 3.05) is 20.0 Å². The maximum atomic E-state index is 12.0. The molecule has 0 bridgehead atoms. The van der Waals surface area contributed by atoms with E-state index in [2.05, 4.69) is 15.5 Å². The fourth-order valence-electron chi connectivity index (χ4n) is 2.37. The fourth-order valence-corrected chi connectivity index (χ4v) is 3.16. The zero-order valence-electron chi connectivity index (χ0n) is 15.3. The average Bonchev–Trinajstić information content (AvgIpc) is 3.20. The minimum absolute atomic E-state index is 0.145. The Morgan fingerprint density at radius 3 is 2.75 bits per heavy atom. The number of nitrogens with zero attached hydrogens (tertiary/aromatic N) is 2. The number of thioether (sulfide) groups is 1. The number of halogens is 1. The predicted molar refractivity (Wildman–Crippen MR) is 107 cm³/mol. The number of rotatable bonds is 8. The van der Waals surface area contributed by atoms with E-state index in [1.165, 1.54) is 0 Å². The van der Waals surface area contributed by atoms with Crippen molar-refractivity contribution < 1.29 is 18.7 Å². The molecule has 0 unspecified atom stereocenters. The lowest BCUT2D eigenvalue weighted by atomic mass is 10.2. The molecule has 146 valence electrons. The van der Waals surface area contributed by atoms with E-state index < -0.39 is 0 Å². The van der Waals surface area contributed by atoms with E-state index in [4.69, 9.17) is 25.5 Å². The lowest BCUT2D eigenvalue weighted by Gasteiger charge is -2.07. The van der Waals surface area contributed by atoms with E-state index in [0.29, 0.717) is 39.7 Å². The quantitative estimate of drug-likeness (QED) is 0.555. The van der Waals surface area contributed by atoms with Crippen molar-refractivity contribution in [3.63, 3.8) is 0 Å². The Bertz CT molecular complexity index is 964. The van der Waals surface area contributed by atoms with Gasteiger partial charge in [-0.1, -0.05) is 41.6 Å². The Morgan fingerprint density at radius 1 is 1.18 bits per heavy atom. The third kappa shape index (κ3) is 4.96. The van der Waals surface area contributed by atoms with Gasteiger partial charge in [-0.2, -0.15) is 0 Å². The number of amides is 1. The third-order valence-corrected chi connectivity index (χ3v) is 4.99. The maximum absolute atomic E-state index is 12.0. The van der Waals surface area contributed by atoms with Gasteiger partial charge in [-0.15, -0.1) is 10.2 Å². The summed E-state index contributed by atoms with van der Waals surface area (Å²) in [7, 11) is 3.13. The molecule has 28 heavy (non-hydrogen) atoms. The molecule has 3 aromatic rings. The van der Waals surface area contributed by atoms with Gasteiger partial charge in [-0.05, 0) is 23.8 Å². The first-order chi connectivity index (χ1) is 13.6. The van der Waals surface area contributed by atoms with Crippen molar-refractivity contribution in [3.8, 4) is 23.0 Å². The number of nitrogens with one attached hydrogen (secondary N) is 1. The van der Waals surface area contributed by atoms with E-state index in [1.807, 2.05) is 18.2 Å². The third-order valence-electron chi connectivity index (χ3n) is 3.81. The molecule has 0 aliphatic heterocycles. The van der Waals surface area contributed by atoms with Crippen LogP contribution < -0.4 is 14.8 Å².